The molecule has 7 heteroatoms. The molecule has 0 amide bonds. The molecule has 1 aromatic heterocycles. The van der Waals surface area contributed by atoms with E-state index in [0.717, 1.165) is 5.56 Å². The molecule has 0 aliphatic carbocycles. The van der Waals surface area contributed by atoms with Crippen molar-refractivity contribution >= 4 is 15.8 Å². The third kappa shape index (κ3) is 4.25. The number of pyridine rings is 1. The van der Waals surface area contributed by atoms with Crippen molar-refractivity contribution in [1.29, 1.82) is 5.26 Å². The molecule has 0 saturated carbocycles. The fourth-order valence-electron chi connectivity index (χ4n) is 2.16. The molecule has 0 radical (unpaired) electrons. The van der Waals surface area contributed by atoms with E-state index in [1.807, 2.05) is 6.07 Å². The van der Waals surface area contributed by atoms with E-state index in [-0.39, 0.29) is 30.2 Å². The highest BCUT2D eigenvalue weighted by Gasteiger charge is 2.24. The number of Topliss-reactive ketones (excluding diaryl/α,β-unsaturated/α-hetero) is 1. The SMILES string of the molecule is CC(=O)c1ccc(S(=O)(=O)N(CCC#N)Cc2cccnc2)cc1. The zero-order valence-electron chi connectivity index (χ0n) is 13.2. The summed E-state index contributed by atoms with van der Waals surface area (Å²) in [5.74, 6) is -0.129. The van der Waals surface area contributed by atoms with Gasteiger partial charge in [0.15, 0.2) is 5.78 Å². The molecule has 0 N–H and O–H groups in total. The summed E-state index contributed by atoms with van der Waals surface area (Å²) in [5.41, 5.74) is 1.18. The molecule has 2 aromatic rings. The van der Waals surface area contributed by atoms with Gasteiger partial charge in [0.05, 0.1) is 11.0 Å². The lowest BCUT2D eigenvalue weighted by atomic mass is 10.2. The predicted molar refractivity (Wildman–Crippen MR) is 88.5 cm³/mol. The van der Waals surface area contributed by atoms with Crippen LogP contribution in [0, 0.1) is 11.3 Å². The molecule has 24 heavy (non-hydrogen) atoms. The van der Waals surface area contributed by atoms with Gasteiger partial charge < -0.3 is 0 Å². The van der Waals surface area contributed by atoms with Gasteiger partial charge in [-0.1, -0.05) is 18.2 Å². The highest BCUT2D eigenvalue weighted by atomic mass is 32.2. The standard InChI is InChI=1S/C17H17N3O3S/c1-14(21)16-5-7-17(8-6-16)24(22,23)20(11-3-9-18)13-15-4-2-10-19-12-15/h2,4-8,10,12H,3,11,13H2,1H3. The molecule has 0 aliphatic heterocycles. The van der Waals surface area contributed by atoms with Crippen LogP contribution in [0.5, 0.6) is 0 Å². The van der Waals surface area contributed by atoms with Crippen molar-refractivity contribution in [2.24, 2.45) is 0 Å². The summed E-state index contributed by atoms with van der Waals surface area (Å²) < 4.78 is 26.9. The Labute approximate surface area is 141 Å². The molecule has 0 bridgehead atoms. The van der Waals surface area contributed by atoms with E-state index in [4.69, 9.17) is 5.26 Å². The molecular formula is C17H17N3O3S. The van der Waals surface area contributed by atoms with Crippen molar-refractivity contribution in [1.82, 2.24) is 9.29 Å². The summed E-state index contributed by atoms with van der Waals surface area (Å²) in [6.07, 6.45) is 3.29. The number of hydrogen-bond donors (Lipinski definition) is 0. The van der Waals surface area contributed by atoms with Crippen LogP contribution in [0.25, 0.3) is 0 Å². The Bertz CT molecular complexity index is 841. The first-order chi connectivity index (χ1) is 11.4. The van der Waals surface area contributed by atoms with Gasteiger partial charge in [0.2, 0.25) is 10.0 Å². The first kappa shape index (κ1) is 17.8. The number of carbonyl (C=O) groups is 1. The Morgan fingerprint density at radius 3 is 2.50 bits per heavy atom. The lowest BCUT2D eigenvalue weighted by molar-refractivity contribution is 0.101. The topological polar surface area (TPSA) is 91.1 Å². The normalized spacial score (nSPS) is 11.2. The summed E-state index contributed by atoms with van der Waals surface area (Å²) in [7, 11) is -3.77. The Hall–Kier alpha value is -2.56. The van der Waals surface area contributed by atoms with E-state index in [2.05, 4.69) is 4.98 Å². The molecule has 6 nitrogen and oxygen atoms in total. The van der Waals surface area contributed by atoms with Gasteiger partial charge in [-0.05, 0) is 30.7 Å². The number of ketones is 1. The van der Waals surface area contributed by atoms with Crippen LogP contribution in [0.4, 0.5) is 0 Å². The number of nitrogens with zero attached hydrogens (tertiary/aromatic N) is 3. The summed E-state index contributed by atoms with van der Waals surface area (Å²) in [6.45, 7) is 1.64. The predicted octanol–water partition coefficient (Wildman–Crippen LogP) is 2.39. The lowest BCUT2D eigenvalue weighted by Gasteiger charge is -2.21. The average Bonchev–Trinajstić information content (AvgIpc) is 2.59. The van der Waals surface area contributed by atoms with Gasteiger partial charge in [-0.3, -0.25) is 9.78 Å². The zero-order valence-corrected chi connectivity index (χ0v) is 14.0. The van der Waals surface area contributed by atoms with Crippen molar-refractivity contribution in [3.05, 3.63) is 59.9 Å². The quantitative estimate of drug-likeness (QED) is 0.720. The number of rotatable bonds is 7. The fourth-order valence-corrected chi connectivity index (χ4v) is 3.59. The maximum absolute atomic E-state index is 12.8. The first-order valence-electron chi connectivity index (χ1n) is 7.32. The molecule has 0 aliphatic rings. The number of aromatic nitrogens is 1. The zero-order chi connectivity index (χ0) is 17.6. The molecule has 0 unspecified atom stereocenters. The number of hydrogen-bond acceptors (Lipinski definition) is 5. The van der Waals surface area contributed by atoms with Crippen molar-refractivity contribution in [3.63, 3.8) is 0 Å². The largest absolute Gasteiger partial charge is 0.295 e. The first-order valence-corrected chi connectivity index (χ1v) is 8.76. The second kappa shape index (κ2) is 7.81. The number of carbonyl (C=O) groups excluding carboxylic acids is 1. The maximum atomic E-state index is 12.8. The van der Waals surface area contributed by atoms with Gasteiger partial charge in [0.1, 0.15) is 0 Å². The van der Waals surface area contributed by atoms with Crippen LogP contribution in [-0.4, -0.2) is 30.0 Å². The van der Waals surface area contributed by atoms with Crippen LogP contribution in [0.1, 0.15) is 29.3 Å². The Balaban J connectivity index is 2.32. The van der Waals surface area contributed by atoms with Gasteiger partial charge >= 0.3 is 0 Å². The van der Waals surface area contributed by atoms with Crippen LogP contribution >= 0.6 is 0 Å². The molecule has 124 valence electrons. The third-order valence-electron chi connectivity index (χ3n) is 3.45. The number of nitriles is 1. The van der Waals surface area contributed by atoms with Crippen molar-refractivity contribution in [2.45, 2.75) is 24.8 Å². The molecule has 2 rings (SSSR count). The van der Waals surface area contributed by atoms with Gasteiger partial charge in [-0.2, -0.15) is 9.57 Å². The van der Waals surface area contributed by atoms with E-state index >= 15 is 0 Å². The number of benzene rings is 1. The highest BCUT2D eigenvalue weighted by molar-refractivity contribution is 7.89. The Kier molecular flexibility index (Phi) is 5.79. The molecule has 0 fully saturated rings. The molecule has 1 heterocycles. The minimum absolute atomic E-state index is 0.0855. The van der Waals surface area contributed by atoms with Crippen molar-refractivity contribution in [3.8, 4) is 6.07 Å². The van der Waals surface area contributed by atoms with Gasteiger partial charge in [0.25, 0.3) is 0 Å². The minimum Gasteiger partial charge on any atom is -0.295 e. The lowest BCUT2D eigenvalue weighted by Crippen LogP contribution is -2.31. The second-order valence-electron chi connectivity index (χ2n) is 5.19. The summed E-state index contributed by atoms with van der Waals surface area (Å²) in [6, 6.07) is 11.3. The molecule has 0 saturated heterocycles. The van der Waals surface area contributed by atoms with Crippen LogP contribution in [-0.2, 0) is 16.6 Å². The Morgan fingerprint density at radius 1 is 1.25 bits per heavy atom. The van der Waals surface area contributed by atoms with Gasteiger partial charge in [0, 0.05) is 37.5 Å². The average molecular weight is 343 g/mol. The summed E-state index contributed by atoms with van der Waals surface area (Å²) >= 11 is 0. The van der Waals surface area contributed by atoms with E-state index in [9.17, 15) is 13.2 Å². The van der Waals surface area contributed by atoms with Crippen LogP contribution in [0.15, 0.2) is 53.7 Å². The van der Waals surface area contributed by atoms with E-state index in [0.29, 0.717) is 5.56 Å². The monoisotopic (exact) mass is 343 g/mol. The maximum Gasteiger partial charge on any atom is 0.243 e. The van der Waals surface area contributed by atoms with Crippen LogP contribution < -0.4 is 0 Å². The Morgan fingerprint density at radius 2 is 1.96 bits per heavy atom. The smallest absolute Gasteiger partial charge is 0.243 e. The molecule has 0 atom stereocenters. The number of sulfonamides is 1. The van der Waals surface area contributed by atoms with E-state index in [1.54, 1.807) is 24.5 Å². The second-order valence-corrected chi connectivity index (χ2v) is 7.13. The molecular weight excluding hydrogens is 326 g/mol. The summed E-state index contributed by atoms with van der Waals surface area (Å²) in [4.78, 5) is 15.4. The van der Waals surface area contributed by atoms with Gasteiger partial charge in [-0.15, -0.1) is 0 Å². The van der Waals surface area contributed by atoms with Crippen LogP contribution in [0.3, 0.4) is 0 Å². The van der Waals surface area contributed by atoms with Gasteiger partial charge in [-0.25, -0.2) is 8.42 Å². The third-order valence-corrected chi connectivity index (χ3v) is 5.31. The molecule has 0 spiro atoms. The highest BCUT2D eigenvalue weighted by Crippen LogP contribution is 2.19. The van der Waals surface area contributed by atoms with Crippen LogP contribution in [0.2, 0.25) is 0 Å². The fraction of sp³-hybridized carbons (Fsp3) is 0.235. The van der Waals surface area contributed by atoms with Crippen molar-refractivity contribution < 1.29 is 13.2 Å². The minimum atomic E-state index is -3.77. The van der Waals surface area contributed by atoms with E-state index < -0.39 is 10.0 Å². The van der Waals surface area contributed by atoms with E-state index in [1.165, 1.54) is 35.5 Å². The summed E-state index contributed by atoms with van der Waals surface area (Å²) in [5, 5.41) is 8.79. The molecule has 1 aromatic carbocycles. The van der Waals surface area contributed by atoms with Crippen molar-refractivity contribution in [2.75, 3.05) is 6.54 Å².